The number of carbonyl (C=O) groups excluding carboxylic acids is 1. The number of alkyl halides is 3. The predicted molar refractivity (Wildman–Crippen MR) is 91.8 cm³/mol. The van der Waals surface area contributed by atoms with Crippen molar-refractivity contribution in [2.75, 3.05) is 0 Å². The summed E-state index contributed by atoms with van der Waals surface area (Å²) in [6.07, 6.45) is -5.66. The Labute approximate surface area is 161 Å². The van der Waals surface area contributed by atoms with Gasteiger partial charge < -0.3 is 9.47 Å². The fourth-order valence-corrected chi connectivity index (χ4v) is 2.32. The summed E-state index contributed by atoms with van der Waals surface area (Å²) < 4.78 is 49.8. The molecular weight excluding hydrogens is 407 g/mol. The van der Waals surface area contributed by atoms with Crippen LogP contribution in [-0.2, 0) is 10.9 Å². The number of carbonyl (C=O) groups is 1. The van der Waals surface area contributed by atoms with Gasteiger partial charge in [0.15, 0.2) is 0 Å². The van der Waals surface area contributed by atoms with E-state index < -0.39 is 44.8 Å². The molecule has 2 rings (SSSR count). The highest BCUT2D eigenvalue weighted by molar-refractivity contribution is 6.32. The van der Waals surface area contributed by atoms with Gasteiger partial charge >= 0.3 is 18.0 Å². The van der Waals surface area contributed by atoms with Crippen molar-refractivity contribution in [2.45, 2.75) is 39.5 Å². The number of nitro groups is 1. The first kappa shape index (κ1) is 21.5. The lowest BCUT2D eigenvalue weighted by atomic mass is 10.2. The number of rotatable bonds is 3. The zero-order valence-electron chi connectivity index (χ0n) is 15.1. The number of nitrogens with zero attached hydrogens (tertiary/aromatic N) is 3. The molecule has 0 radical (unpaired) electrons. The molecule has 0 unspecified atom stereocenters. The number of halogens is 4. The Morgan fingerprint density at radius 2 is 1.86 bits per heavy atom. The molecule has 0 aliphatic heterocycles. The summed E-state index contributed by atoms with van der Waals surface area (Å²) >= 11 is 5.78. The SMILES string of the molecule is Cc1cc(Oc2c(Cl)cc(C(F)(F)F)cc2[N+](=O)[O-])nn1C(=O)OC(C)(C)C. The van der Waals surface area contributed by atoms with Crippen molar-refractivity contribution in [2.24, 2.45) is 0 Å². The van der Waals surface area contributed by atoms with Crippen LogP contribution in [0.2, 0.25) is 5.02 Å². The molecule has 2 aromatic rings. The Bertz CT molecular complexity index is 935. The average molecular weight is 422 g/mol. The lowest BCUT2D eigenvalue weighted by Gasteiger charge is -2.19. The molecule has 0 N–H and O–H groups in total. The van der Waals surface area contributed by atoms with Gasteiger partial charge in [0.25, 0.3) is 0 Å². The molecule has 152 valence electrons. The Morgan fingerprint density at radius 3 is 2.36 bits per heavy atom. The fraction of sp³-hybridized carbons (Fsp3) is 0.375. The second-order valence-corrected chi connectivity index (χ2v) is 7.09. The van der Waals surface area contributed by atoms with Gasteiger partial charge in [-0.05, 0) is 33.8 Å². The van der Waals surface area contributed by atoms with E-state index in [1.54, 1.807) is 20.8 Å². The first-order valence-corrected chi connectivity index (χ1v) is 8.10. The third-order valence-electron chi connectivity index (χ3n) is 3.19. The van der Waals surface area contributed by atoms with E-state index in [9.17, 15) is 28.1 Å². The molecule has 0 bridgehead atoms. The first-order chi connectivity index (χ1) is 12.7. The van der Waals surface area contributed by atoms with Gasteiger partial charge in [0.05, 0.1) is 21.2 Å². The number of aryl methyl sites for hydroxylation is 1. The third kappa shape index (κ3) is 4.91. The minimum absolute atomic E-state index is 0.273. The van der Waals surface area contributed by atoms with E-state index in [4.69, 9.17) is 21.1 Å². The quantitative estimate of drug-likeness (QED) is 0.489. The molecule has 8 nitrogen and oxygen atoms in total. The Kier molecular flexibility index (Phi) is 5.60. The maximum atomic E-state index is 12.9. The van der Waals surface area contributed by atoms with Crippen molar-refractivity contribution in [3.8, 4) is 11.6 Å². The van der Waals surface area contributed by atoms with Gasteiger partial charge in [-0.25, -0.2) is 4.79 Å². The van der Waals surface area contributed by atoms with Gasteiger partial charge in [-0.2, -0.15) is 17.9 Å². The molecule has 0 aliphatic carbocycles. The van der Waals surface area contributed by atoms with Gasteiger partial charge in [-0.3, -0.25) is 10.1 Å². The van der Waals surface area contributed by atoms with E-state index in [1.807, 2.05) is 0 Å². The molecule has 12 heteroatoms. The van der Waals surface area contributed by atoms with Crippen LogP contribution in [0.25, 0.3) is 0 Å². The summed E-state index contributed by atoms with van der Waals surface area (Å²) in [6, 6.07) is 2.06. The summed E-state index contributed by atoms with van der Waals surface area (Å²) in [4.78, 5) is 22.2. The van der Waals surface area contributed by atoms with Crippen molar-refractivity contribution in [3.63, 3.8) is 0 Å². The highest BCUT2D eigenvalue weighted by Gasteiger charge is 2.35. The smallest absolute Gasteiger partial charge is 0.435 e. The molecule has 0 saturated carbocycles. The van der Waals surface area contributed by atoms with Crippen LogP contribution in [0.5, 0.6) is 11.6 Å². The Hall–Kier alpha value is -2.82. The molecule has 0 aliphatic rings. The van der Waals surface area contributed by atoms with Crippen molar-refractivity contribution in [1.29, 1.82) is 0 Å². The van der Waals surface area contributed by atoms with E-state index >= 15 is 0 Å². The van der Waals surface area contributed by atoms with E-state index in [2.05, 4.69) is 5.10 Å². The predicted octanol–water partition coefficient (Wildman–Crippen LogP) is 5.35. The number of ether oxygens (including phenoxy) is 2. The maximum absolute atomic E-state index is 12.9. The van der Waals surface area contributed by atoms with Crippen LogP contribution in [-0.4, -0.2) is 26.4 Å². The van der Waals surface area contributed by atoms with E-state index in [0.29, 0.717) is 12.1 Å². The first-order valence-electron chi connectivity index (χ1n) is 7.72. The molecule has 0 saturated heterocycles. The van der Waals surface area contributed by atoms with Gasteiger partial charge in [0, 0.05) is 12.1 Å². The second-order valence-electron chi connectivity index (χ2n) is 6.68. The van der Waals surface area contributed by atoms with Crippen LogP contribution >= 0.6 is 11.6 Å². The van der Waals surface area contributed by atoms with Crippen LogP contribution in [0.4, 0.5) is 23.7 Å². The largest absolute Gasteiger partial charge is 0.442 e. The maximum Gasteiger partial charge on any atom is 0.435 e. The lowest BCUT2D eigenvalue weighted by Crippen LogP contribution is -2.28. The highest BCUT2D eigenvalue weighted by Crippen LogP contribution is 2.42. The van der Waals surface area contributed by atoms with Crippen molar-refractivity contribution in [1.82, 2.24) is 9.78 Å². The molecule has 1 aromatic carbocycles. The van der Waals surface area contributed by atoms with E-state index in [0.717, 1.165) is 4.68 Å². The molecule has 28 heavy (non-hydrogen) atoms. The van der Waals surface area contributed by atoms with Crippen LogP contribution in [0.1, 0.15) is 32.0 Å². The van der Waals surface area contributed by atoms with Crippen LogP contribution in [0.15, 0.2) is 18.2 Å². The van der Waals surface area contributed by atoms with Crippen molar-refractivity contribution < 1.29 is 32.4 Å². The molecule has 0 fully saturated rings. The Morgan fingerprint density at radius 1 is 1.25 bits per heavy atom. The van der Waals surface area contributed by atoms with Gasteiger partial charge in [-0.1, -0.05) is 11.6 Å². The lowest BCUT2D eigenvalue weighted by molar-refractivity contribution is -0.385. The molecule has 1 heterocycles. The fourth-order valence-electron chi connectivity index (χ4n) is 2.07. The van der Waals surface area contributed by atoms with Crippen LogP contribution < -0.4 is 4.74 Å². The summed E-state index contributed by atoms with van der Waals surface area (Å²) in [5.74, 6) is -0.915. The monoisotopic (exact) mass is 421 g/mol. The number of nitro benzene ring substituents is 1. The minimum Gasteiger partial charge on any atom is -0.442 e. The van der Waals surface area contributed by atoms with E-state index in [1.165, 1.54) is 13.0 Å². The molecule has 0 atom stereocenters. The summed E-state index contributed by atoms with van der Waals surface area (Å²) in [5, 5.41) is 14.4. The molecule has 0 amide bonds. The van der Waals surface area contributed by atoms with Gasteiger partial charge in [0.2, 0.25) is 11.6 Å². The Balaban J connectivity index is 2.42. The molecule has 1 aromatic heterocycles. The van der Waals surface area contributed by atoms with E-state index in [-0.39, 0.29) is 11.6 Å². The molecular formula is C16H15ClF3N3O5. The highest BCUT2D eigenvalue weighted by atomic mass is 35.5. The third-order valence-corrected chi connectivity index (χ3v) is 3.47. The minimum atomic E-state index is -4.83. The summed E-state index contributed by atoms with van der Waals surface area (Å²) in [7, 11) is 0. The number of aromatic nitrogens is 2. The average Bonchev–Trinajstić information content (AvgIpc) is 2.86. The number of hydrogen-bond acceptors (Lipinski definition) is 6. The number of benzene rings is 1. The summed E-state index contributed by atoms with van der Waals surface area (Å²) in [5.41, 5.74) is -2.82. The topological polar surface area (TPSA) is 96.5 Å². The molecule has 0 spiro atoms. The van der Waals surface area contributed by atoms with Crippen LogP contribution in [0, 0.1) is 17.0 Å². The van der Waals surface area contributed by atoms with Crippen molar-refractivity contribution in [3.05, 3.63) is 44.6 Å². The second kappa shape index (κ2) is 7.30. The van der Waals surface area contributed by atoms with Crippen molar-refractivity contribution >= 4 is 23.4 Å². The number of hydrogen-bond donors (Lipinski definition) is 0. The zero-order chi connectivity index (χ0) is 21.4. The zero-order valence-corrected chi connectivity index (χ0v) is 15.9. The standard InChI is InChI=1S/C16H15ClF3N3O5/c1-8-5-12(21-22(8)14(24)28-15(2,3)4)27-13-10(17)6-9(16(18,19)20)7-11(13)23(25)26/h5-7H,1-4H3. The normalized spacial score (nSPS) is 12.0. The van der Waals surface area contributed by atoms with Gasteiger partial charge in [-0.15, -0.1) is 5.10 Å². The van der Waals surface area contributed by atoms with Gasteiger partial charge in [0.1, 0.15) is 5.60 Å². The van der Waals surface area contributed by atoms with Crippen LogP contribution in [0.3, 0.4) is 0 Å². The summed E-state index contributed by atoms with van der Waals surface area (Å²) in [6.45, 7) is 6.43.